The van der Waals surface area contributed by atoms with Gasteiger partial charge in [0.1, 0.15) is 22.4 Å². The predicted molar refractivity (Wildman–Crippen MR) is 119 cm³/mol. The Morgan fingerprint density at radius 1 is 1.27 bits per heavy atom. The van der Waals surface area contributed by atoms with Crippen molar-refractivity contribution in [3.05, 3.63) is 64.7 Å². The van der Waals surface area contributed by atoms with Crippen molar-refractivity contribution in [2.45, 2.75) is 6.92 Å². The third-order valence-corrected chi connectivity index (χ3v) is 5.54. The zero-order valence-electron chi connectivity index (χ0n) is 16.5. The van der Waals surface area contributed by atoms with Crippen molar-refractivity contribution in [1.29, 1.82) is 5.41 Å². The number of hydrogen-bond donors (Lipinski definition) is 3. The molecule has 0 bridgehead atoms. The smallest absolute Gasteiger partial charge is 0.221 e. The molecule has 1 aliphatic rings. The summed E-state index contributed by atoms with van der Waals surface area (Å²) in [6.45, 7) is 1.62. The Balaban J connectivity index is 1.59. The topological polar surface area (TPSA) is 98.5 Å². The summed E-state index contributed by atoms with van der Waals surface area (Å²) < 4.78 is 5.19. The van der Waals surface area contributed by atoms with Gasteiger partial charge in [-0.25, -0.2) is 4.98 Å². The van der Waals surface area contributed by atoms with Gasteiger partial charge < -0.3 is 20.1 Å². The molecule has 0 unspecified atom stereocenters. The van der Waals surface area contributed by atoms with Crippen LogP contribution >= 0.6 is 11.3 Å². The van der Waals surface area contributed by atoms with E-state index >= 15 is 0 Å². The average Bonchev–Trinajstić information content (AvgIpc) is 3.32. The third kappa shape index (κ3) is 3.77. The fourth-order valence-corrected chi connectivity index (χ4v) is 4.16. The molecule has 0 saturated carbocycles. The van der Waals surface area contributed by atoms with E-state index in [-0.39, 0.29) is 24.0 Å². The molecule has 0 saturated heterocycles. The van der Waals surface area contributed by atoms with Gasteiger partial charge >= 0.3 is 0 Å². The van der Waals surface area contributed by atoms with Crippen LogP contribution in [-0.4, -0.2) is 35.5 Å². The van der Waals surface area contributed by atoms with Crippen molar-refractivity contribution in [2.24, 2.45) is 0 Å². The van der Waals surface area contributed by atoms with Gasteiger partial charge in [-0.15, -0.1) is 11.3 Å². The number of nitrogens with one attached hydrogen (secondary N) is 2. The molecule has 1 aromatic heterocycles. The van der Waals surface area contributed by atoms with Crippen LogP contribution in [-0.2, 0) is 4.79 Å². The van der Waals surface area contributed by atoms with Gasteiger partial charge in [0.15, 0.2) is 0 Å². The highest BCUT2D eigenvalue weighted by atomic mass is 32.1. The summed E-state index contributed by atoms with van der Waals surface area (Å²) in [5, 5.41) is 24.4. The molecule has 4 rings (SSSR count). The van der Waals surface area contributed by atoms with Crippen LogP contribution in [0.4, 0.5) is 11.4 Å². The van der Waals surface area contributed by atoms with Gasteiger partial charge in [0.25, 0.3) is 0 Å². The van der Waals surface area contributed by atoms with Crippen LogP contribution < -0.4 is 15.0 Å². The van der Waals surface area contributed by atoms with Crippen molar-refractivity contribution in [3.63, 3.8) is 0 Å². The largest absolute Gasteiger partial charge is 0.510 e. The second kappa shape index (κ2) is 8.00. The van der Waals surface area contributed by atoms with E-state index in [2.05, 4.69) is 10.3 Å². The van der Waals surface area contributed by atoms with Gasteiger partial charge in [-0.3, -0.25) is 10.2 Å². The Labute approximate surface area is 177 Å². The number of amidine groups is 1. The summed E-state index contributed by atoms with van der Waals surface area (Å²) in [6.07, 6.45) is 0. The molecule has 0 spiro atoms. The SMILES string of the molecule is COc1ccc(-c2csc(C3=C(O)CN(c4cccc(NC(C)=O)c4)C3=N)n2)cc1. The number of benzene rings is 2. The van der Waals surface area contributed by atoms with E-state index in [4.69, 9.17) is 10.1 Å². The first-order valence-electron chi connectivity index (χ1n) is 9.23. The fraction of sp³-hybridized carbons (Fsp3) is 0.136. The fourth-order valence-electron chi connectivity index (χ4n) is 3.26. The van der Waals surface area contributed by atoms with Crippen LogP contribution in [0.5, 0.6) is 5.75 Å². The molecular weight excluding hydrogens is 400 g/mol. The van der Waals surface area contributed by atoms with Gasteiger partial charge in [0.05, 0.1) is 24.9 Å². The number of carbonyl (C=O) groups excluding carboxylic acids is 1. The van der Waals surface area contributed by atoms with Crippen LogP contribution in [0.1, 0.15) is 11.9 Å². The minimum Gasteiger partial charge on any atom is -0.510 e. The van der Waals surface area contributed by atoms with Crippen molar-refractivity contribution < 1.29 is 14.6 Å². The maximum absolute atomic E-state index is 11.3. The Morgan fingerprint density at radius 2 is 2.03 bits per heavy atom. The van der Waals surface area contributed by atoms with Gasteiger partial charge in [-0.1, -0.05) is 6.07 Å². The molecule has 0 atom stereocenters. The molecule has 2 heterocycles. The first-order valence-corrected chi connectivity index (χ1v) is 10.1. The number of methoxy groups -OCH3 is 1. The molecule has 1 aliphatic heterocycles. The van der Waals surface area contributed by atoms with Gasteiger partial charge in [-0.2, -0.15) is 0 Å². The number of carbonyl (C=O) groups is 1. The van der Waals surface area contributed by atoms with E-state index < -0.39 is 0 Å². The Hall–Kier alpha value is -3.65. The van der Waals surface area contributed by atoms with Crippen molar-refractivity contribution in [1.82, 2.24) is 4.98 Å². The van der Waals surface area contributed by atoms with E-state index in [9.17, 15) is 9.90 Å². The van der Waals surface area contributed by atoms with Gasteiger partial charge in [0, 0.05) is 29.2 Å². The first-order chi connectivity index (χ1) is 14.5. The van der Waals surface area contributed by atoms with E-state index in [0.717, 1.165) is 17.0 Å². The summed E-state index contributed by atoms with van der Waals surface area (Å²) >= 11 is 1.38. The van der Waals surface area contributed by atoms with Crippen LogP contribution in [0.2, 0.25) is 0 Å². The summed E-state index contributed by atoms with van der Waals surface area (Å²) in [5.41, 5.74) is 3.47. The lowest BCUT2D eigenvalue weighted by Gasteiger charge is -2.19. The number of aliphatic hydroxyl groups is 1. The maximum Gasteiger partial charge on any atom is 0.221 e. The summed E-state index contributed by atoms with van der Waals surface area (Å²) in [4.78, 5) is 17.6. The van der Waals surface area contributed by atoms with E-state index in [1.807, 2.05) is 35.7 Å². The molecular formula is C22H20N4O3S. The lowest BCUT2D eigenvalue weighted by molar-refractivity contribution is -0.114. The highest BCUT2D eigenvalue weighted by Gasteiger charge is 2.31. The Kier molecular flexibility index (Phi) is 5.24. The minimum absolute atomic E-state index is 0.0977. The number of anilines is 2. The normalized spacial score (nSPS) is 13.7. The van der Waals surface area contributed by atoms with Crippen molar-refractivity contribution in [3.8, 4) is 17.0 Å². The molecule has 2 aromatic carbocycles. The molecule has 3 aromatic rings. The highest BCUT2D eigenvalue weighted by Crippen LogP contribution is 2.35. The van der Waals surface area contributed by atoms with E-state index in [1.165, 1.54) is 18.3 Å². The van der Waals surface area contributed by atoms with Crippen LogP contribution in [0, 0.1) is 5.41 Å². The average molecular weight is 420 g/mol. The summed E-state index contributed by atoms with van der Waals surface area (Å²) in [6, 6.07) is 14.8. The molecule has 152 valence electrons. The number of aromatic nitrogens is 1. The predicted octanol–water partition coefficient (Wildman–Crippen LogP) is 4.54. The minimum atomic E-state index is -0.167. The van der Waals surface area contributed by atoms with Crippen LogP contribution in [0.15, 0.2) is 59.7 Å². The highest BCUT2D eigenvalue weighted by molar-refractivity contribution is 7.11. The number of hydrogen-bond acceptors (Lipinski definition) is 6. The Bertz CT molecular complexity index is 1150. The molecule has 0 fully saturated rings. The monoisotopic (exact) mass is 420 g/mol. The zero-order chi connectivity index (χ0) is 21.3. The van der Waals surface area contributed by atoms with E-state index in [0.29, 0.717) is 22.0 Å². The summed E-state index contributed by atoms with van der Waals surface area (Å²) in [5.74, 6) is 0.868. The third-order valence-electron chi connectivity index (χ3n) is 4.69. The number of rotatable bonds is 5. The van der Waals surface area contributed by atoms with Crippen molar-refractivity contribution in [2.75, 3.05) is 23.9 Å². The molecule has 3 N–H and O–H groups in total. The zero-order valence-corrected chi connectivity index (χ0v) is 17.3. The quantitative estimate of drug-likeness (QED) is 0.563. The molecule has 30 heavy (non-hydrogen) atoms. The molecule has 8 heteroatoms. The van der Waals surface area contributed by atoms with Crippen LogP contribution in [0.3, 0.4) is 0 Å². The number of nitrogens with zero attached hydrogens (tertiary/aromatic N) is 2. The molecule has 1 amide bonds. The number of aliphatic hydroxyl groups excluding tert-OH is 1. The standard InChI is InChI=1S/C22H20N4O3S/c1-13(27)24-15-4-3-5-16(10-15)26-11-19(28)20(21(26)23)22-25-18(12-30-22)14-6-8-17(29-2)9-7-14/h3-10,12,23,28H,11H2,1-2H3,(H,24,27). The lowest BCUT2D eigenvalue weighted by atomic mass is 10.1. The van der Waals surface area contributed by atoms with Crippen LogP contribution in [0.25, 0.3) is 16.8 Å². The van der Waals surface area contributed by atoms with Gasteiger partial charge in [-0.05, 0) is 42.5 Å². The summed E-state index contributed by atoms with van der Waals surface area (Å²) in [7, 11) is 1.62. The van der Waals surface area contributed by atoms with Gasteiger partial charge in [0.2, 0.25) is 5.91 Å². The number of thiazole rings is 1. The molecule has 0 aliphatic carbocycles. The number of ether oxygens (including phenoxy) is 1. The second-order valence-electron chi connectivity index (χ2n) is 6.75. The lowest BCUT2D eigenvalue weighted by Crippen LogP contribution is -2.26. The van der Waals surface area contributed by atoms with E-state index in [1.54, 1.807) is 30.2 Å². The first kappa shape index (κ1) is 19.7. The maximum atomic E-state index is 11.3. The Morgan fingerprint density at radius 3 is 2.73 bits per heavy atom. The molecule has 7 nitrogen and oxygen atoms in total. The van der Waals surface area contributed by atoms with Crippen molar-refractivity contribution >= 4 is 40.0 Å². The second-order valence-corrected chi connectivity index (χ2v) is 7.61. The number of amides is 1. The molecule has 0 radical (unpaired) electrons.